The summed E-state index contributed by atoms with van der Waals surface area (Å²) in [4.78, 5) is 11.0. The lowest BCUT2D eigenvalue weighted by molar-refractivity contribution is -0.143. The van der Waals surface area contributed by atoms with Gasteiger partial charge in [-0.25, -0.2) is 0 Å². The summed E-state index contributed by atoms with van der Waals surface area (Å²) in [6.07, 6.45) is 1.44. The van der Waals surface area contributed by atoms with E-state index < -0.39 is 11.5 Å². The molecule has 0 spiro atoms. The molecule has 0 heterocycles. The molecule has 0 saturated heterocycles. The molecular weight excluding hydrogens is 218 g/mol. The van der Waals surface area contributed by atoms with Crippen LogP contribution in [0.1, 0.15) is 24.8 Å². The average Bonchev–Trinajstić information content (AvgIpc) is 2.65. The fraction of sp³-hybridized carbons (Fsp3) is 0.462. The highest BCUT2D eigenvalue weighted by atomic mass is 16.5. The summed E-state index contributed by atoms with van der Waals surface area (Å²) in [6, 6.07) is 7.73. The Kier molecular flexibility index (Phi) is 3.07. The summed E-state index contributed by atoms with van der Waals surface area (Å²) in [5.41, 5.74) is 5.84. The van der Waals surface area contributed by atoms with E-state index in [0.717, 1.165) is 5.75 Å². The van der Waals surface area contributed by atoms with Crippen molar-refractivity contribution in [2.45, 2.75) is 37.8 Å². The molecule has 0 aliphatic heterocycles. The number of carboxylic acid groups (broad SMARTS) is 1. The number of ether oxygens (including phenoxy) is 1. The fourth-order valence-electron chi connectivity index (χ4n) is 2.13. The van der Waals surface area contributed by atoms with Gasteiger partial charge in [0.2, 0.25) is 0 Å². The summed E-state index contributed by atoms with van der Waals surface area (Å²) in [7, 11) is 0. The first-order valence-corrected chi connectivity index (χ1v) is 5.75. The van der Waals surface area contributed by atoms with E-state index in [-0.39, 0.29) is 6.10 Å². The van der Waals surface area contributed by atoms with Crippen LogP contribution in [0.4, 0.5) is 0 Å². The van der Waals surface area contributed by atoms with Crippen molar-refractivity contribution in [1.82, 2.24) is 0 Å². The lowest BCUT2D eigenvalue weighted by atomic mass is 10.00. The molecule has 1 saturated carbocycles. The third-order valence-electron chi connectivity index (χ3n) is 3.25. The van der Waals surface area contributed by atoms with Crippen LogP contribution in [-0.4, -0.2) is 22.7 Å². The summed E-state index contributed by atoms with van der Waals surface area (Å²) in [5, 5.41) is 9.01. The maximum atomic E-state index is 11.0. The van der Waals surface area contributed by atoms with Crippen LogP contribution in [0, 0.1) is 6.92 Å². The fourth-order valence-corrected chi connectivity index (χ4v) is 2.13. The number of hydrogen-bond acceptors (Lipinski definition) is 3. The van der Waals surface area contributed by atoms with E-state index in [0.29, 0.717) is 19.3 Å². The molecule has 1 aliphatic rings. The second-order valence-corrected chi connectivity index (χ2v) is 4.76. The summed E-state index contributed by atoms with van der Waals surface area (Å²) < 4.78 is 5.73. The van der Waals surface area contributed by atoms with Crippen molar-refractivity contribution in [3.8, 4) is 5.75 Å². The highest BCUT2D eigenvalue weighted by Gasteiger charge is 2.43. The Labute approximate surface area is 100 Å². The lowest BCUT2D eigenvalue weighted by Crippen LogP contribution is -2.46. The molecule has 2 unspecified atom stereocenters. The number of carboxylic acids is 1. The molecular formula is C13H17NO3. The minimum Gasteiger partial charge on any atom is -0.490 e. The van der Waals surface area contributed by atoms with Crippen molar-refractivity contribution in [1.29, 1.82) is 0 Å². The normalized spacial score (nSPS) is 28.0. The van der Waals surface area contributed by atoms with Gasteiger partial charge in [0.15, 0.2) is 0 Å². The predicted octanol–water partition coefficient (Wildman–Crippen LogP) is 1.71. The van der Waals surface area contributed by atoms with Gasteiger partial charge in [0.1, 0.15) is 17.4 Å². The van der Waals surface area contributed by atoms with Crippen LogP contribution in [-0.2, 0) is 4.79 Å². The zero-order valence-corrected chi connectivity index (χ0v) is 9.85. The quantitative estimate of drug-likeness (QED) is 0.836. The molecule has 92 valence electrons. The van der Waals surface area contributed by atoms with E-state index in [1.807, 2.05) is 31.2 Å². The molecule has 4 heteroatoms. The van der Waals surface area contributed by atoms with Crippen LogP contribution in [0.3, 0.4) is 0 Å². The summed E-state index contributed by atoms with van der Waals surface area (Å²) >= 11 is 0. The Hall–Kier alpha value is -1.55. The van der Waals surface area contributed by atoms with Gasteiger partial charge in [-0.15, -0.1) is 0 Å². The van der Waals surface area contributed by atoms with Crippen molar-refractivity contribution in [3.63, 3.8) is 0 Å². The highest BCUT2D eigenvalue weighted by molar-refractivity contribution is 5.79. The Balaban J connectivity index is 1.98. The van der Waals surface area contributed by atoms with Crippen LogP contribution < -0.4 is 10.5 Å². The Morgan fingerprint density at radius 1 is 1.47 bits per heavy atom. The van der Waals surface area contributed by atoms with E-state index in [2.05, 4.69) is 0 Å². The predicted molar refractivity (Wildman–Crippen MR) is 64.0 cm³/mol. The number of hydrogen-bond donors (Lipinski definition) is 2. The minimum atomic E-state index is -1.12. The van der Waals surface area contributed by atoms with E-state index in [1.165, 1.54) is 5.56 Å². The largest absolute Gasteiger partial charge is 0.490 e. The van der Waals surface area contributed by atoms with Gasteiger partial charge in [-0.1, -0.05) is 17.7 Å². The molecule has 2 rings (SSSR count). The van der Waals surface area contributed by atoms with E-state index in [9.17, 15) is 4.79 Å². The maximum Gasteiger partial charge on any atom is 0.323 e. The Morgan fingerprint density at radius 2 is 2.12 bits per heavy atom. The topological polar surface area (TPSA) is 72.5 Å². The van der Waals surface area contributed by atoms with Crippen LogP contribution in [0.2, 0.25) is 0 Å². The van der Waals surface area contributed by atoms with Gasteiger partial charge in [-0.2, -0.15) is 0 Å². The zero-order chi connectivity index (χ0) is 12.5. The third kappa shape index (κ3) is 2.58. The van der Waals surface area contributed by atoms with Crippen LogP contribution >= 0.6 is 0 Å². The highest BCUT2D eigenvalue weighted by Crippen LogP contribution is 2.31. The standard InChI is InChI=1S/C13H17NO3/c1-9-2-4-10(5-3-9)17-11-6-7-13(14,8-11)12(15)16/h2-5,11H,6-8,14H2,1H3,(H,15,16). The molecule has 17 heavy (non-hydrogen) atoms. The Bertz CT molecular complexity index is 415. The second-order valence-electron chi connectivity index (χ2n) is 4.76. The molecule has 4 nitrogen and oxygen atoms in total. The number of carbonyl (C=O) groups is 1. The third-order valence-corrected chi connectivity index (χ3v) is 3.25. The number of aryl methyl sites for hydroxylation is 1. The van der Waals surface area contributed by atoms with Gasteiger partial charge < -0.3 is 15.6 Å². The van der Waals surface area contributed by atoms with Crippen LogP contribution in [0.25, 0.3) is 0 Å². The minimum absolute atomic E-state index is 0.0983. The molecule has 0 aromatic heterocycles. The van der Waals surface area contributed by atoms with Gasteiger partial charge in [-0.05, 0) is 31.9 Å². The first-order chi connectivity index (χ1) is 7.99. The molecule has 1 aromatic carbocycles. The van der Waals surface area contributed by atoms with Crippen molar-refractivity contribution in [3.05, 3.63) is 29.8 Å². The SMILES string of the molecule is Cc1ccc(OC2CCC(N)(C(=O)O)C2)cc1. The van der Waals surface area contributed by atoms with Gasteiger partial charge in [-0.3, -0.25) is 4.79 Å². The van der Waals surface area contributed by atoms with Crippen molar-refractivity contribution < 1.29 is 14.6 Å². The van der Waals surface area contributed by atoms with Crippen molar-refractivity contribution in [2.75, 3.05) is 0 Å². The second kappa shape index (κ2) is 4.37. The Morgan fingerprint density at radius 3 is 2.65 bits per heavy atom. The van der Waals surface area contributed by atoms with E-state index in [1.54, 1.807) is 0 Å². The monoisotopic (exact) mass is 235 g/mol. The maximum absolute atomic E-state index is 11.0. The first kappa shape index (κ1) is 11.9. The average molecular weight is 235 g/mol. The summed E-state index contributed by atoms with van der Waals surface area (Å²) in [6.45, 7) is 2.01. The van der Waals surface area contributed by atoms with Gasteiger partial charge in [0.25, 0.3) is 0 Å². The smallest absolute Gasteiger partial charge is 0.323 e. The van der Waals surface area contributed by atoms with Gasteiger partial charge in [0.05, 0.1) is 0 Å². The molecule has 1 aromatic rings. The van der Waals surface area contributed by atoms with E-state index >= 15 is 0 Å². The molecule has 1 aliphatic carbocycles. The summed E-state index contributed by atoms with van der Waals surface area (Å²) in [5.74, 6) is -0.164. The number of benzene rings is 1. The molecule has 0 radical (unpaired) electrons. The van der Waals surface area contributed by atoms with E-state index in [4.69, 9.17) is 15.6 Å². The zero-order valence-electron chi connectivity index (χ0n) is 9.85. The van der Waals surface area contributed by atoms with Crippen LogP contribution in [0.15, 0.2) is 24.3 Å². The number of rotatable bonds is 3. The number of aliphatic carboxylic acids is 1. The molecule has 0 amide bonds. The van der Waals surface area contributed by atoms with Crippen molar-refractivity contribution in [2.24, 2.45) is 5.73 Å². The molecule has 0 bridgehead atoms. The molecule has 1 fully saturated rings. The molecule has 3 N–H and O–H groups in total. The van der Waals surface area contributed by atoms with Gasteiger partial charge in [0, 0.05) is 6.42 Å². The lowest BCUT2D eigenvalue weighted by Gasteiger charge is -2.18. The number of nitrogens with two attached hydrogens (primary N) is 1. The molecule has 2 atom stereocenters. The van der Waals surface area contributed by atoms with Crippen LogP contribution in [0.5, 0.6) is 5.75 Å². The first-order valence-electron chi connectivity index (χ1n) is 5.75. The van der Waals surface area contributed by atoms with Gasteiger partial charge >= 0.3 is 5.97 Å². The van der Waals surface area contributed by atoms with Crippen molar-refractivity contribution >= 4 is 5.97 Å².